The number of fused-ring (bicyclic) bond motifs is 2. The topological polar surface area (TPSA) is 179 Å². The molecule has 0 aliphatic carbocycles. The van der Waals surface area contributed by atoms with Gasteiger partial charge in [0.05, 0.1) is 33.3 Å². The monoisotopic (exact) mass is 487 g/mol. The maximum Gasteiger partial charge on any atom is 0.475 e. The Bertz CT molecular complexity index is 1080. The number of nitrogen functional groups attached to an aromatic ring is 1. The van der Waals surface area contributed by atoms with Crippen LogP contribution < -0.4 is 10.5 Å². The minimum Gasteiger partial charge on any atom is -0.479 e. The average molecular weight is 487 g/mol. The van der Waals surface area contributed by atoms with Crippen LogP contribution in [0.4, 0.5) is 5.95 Å². The number of carbonyl (C=O) groups excluding carboxylic acids is 1. The van der Waals surface area contributed by atoms with Crippen LogP contribution in [0.15, 0.2) is 6.33 Å². The molecule has 3 N–H and O–H groups in total. The summed E-state index contributed by atoms with van der Waals surface area (Å²) in [6.07, 6.45) is -1.02. The number of aliphatic hydroxyl groups is 1. The average Bonchev–Trinajstić information content (AvgIpc) is 3.29. The van der Waals surface area contributed by atoms with Crippen molar-refractivity contribution in [2.24, 2.45) is 0 Å². The molecule has 2 fully saturated rings. The predicted molar refractivity (Wildman–Crippen MR) is 111 cm³/mol. The van der Waals surface area contributed by atoms with E-state index in [4.69, 9.17) is 33.5 Å². The van der Waals surface area contributed by atoms with Gasteiger partial charge in [-0.25, -0.2) is 9.55 Å². The maximum atomic E-state index is 12.9. The van der Waals surface area contributed by atoms with Gasteiger partial charge in [-0.1, -0.05) is 0 Å². The Labute approximate surface area is 188 Å². The Morgan fingerprint density at radius 2 is 2.24 bits per heavy atom. The van der Waals surface area contributed by atoms with Crippen LogP contribution in [0.3, 0.4) is 0 Å². The molecule has 0 spiro atoms. The molecule has 0 radical (unpaired) electrons. The van der Waals surface area contributed by atoms with Crippen LogP contribution in [0, 0.1) is 0 Å². The smallest absolute Gasteiger partial charge is 0.475 e. The largest absolute Gasteiger partial charge is 0.479 e. The van der Waals surface area contributed by atoms with Crippen molar-refractivity contribution in [1.82, 2.24) is 19.5 Å². The third-order valence-electron chi connectivity index (χ3n) is 5.29. The second-order valence-electron chi connectivity index (χ2n) is 7.68. The number of nitrogens with two attached hydrogens (primary N) is 1. The molecule has 0 bridgehead atoms. The molecule has 0 aromatic carbocycles. The number of nitrogens with zero attached hydrogens (tertiary/aromatic N) is 4. The first-order valence-corrected chi connectivity index (χ1v) is 11.8. The highest BCUT2D eigenvalue weighted by Gasteiger charge is 2.60. The van der Waals surface area contributed by atoms with Crippen LogP contribution >= 0.6 is 7.82 Å². The Balaban J connectivity index is 1.49. The van der Waals surface area contributed by atoms with E-state index in [1.807, 2.05) is 0 Å². The number of rotatable bonds is 8. The summed E-state index contributed by atoms with van der Waals surface area (Å²) in [6.45, 7) is 3.27. The number of aromatic nitrogens is 4. The Morgan fingerprint density at radius 1 is 1.45 bits per heavy atom. The van der Waals surface area contributed by atoms with Gasteiger partial charge in [0.25, 0.3) is 0 Å². The third kappa shape index (κ3) is 4.54. The summed E-state index contributed by atoms with van der Waals surface area (Å²) < 4.78 is 46.6. The molecule has 4 heterocycles. The molecule has 2 aliphatic rings. The summed E-state index contributed by atoms with van der Waals surface area (Å²) in [5, 5.41) is 11.3. The van der Waals surface area contributed by atoms with Crippen LogP contribution in [0.1, 0.15) is 32.9 Å². The van der Waals surface area contributed by atoms with Gasteiger partial charge < -0.3 is 25.1 Å². The molecule has 2 aromatic heterocycles. The van der Waals surface area contributed by atoms with E-state index in [9.17, 15) is 14.5 Å². The van der Waals surface area contributed by atoms with Gasteiger partial charge in [-0.15, -0.1) is 0 Å². The molecule has 4 rings (SSSR count). The standard InChI is InChI=1S/C18H26N5O9P/c1-4-28-11(24)6-5-7-29-33(26)30-8-10-13(32-33)18(2,25)16(31-10)23-9-20-12-14(23)21-17(19)22-15(12)27-3/h9-10,13,16,25H,4-8H2,1-3H3,(H2,19,21,22)/t10-,13-,16-,18-,33?/m1/s1. The minimum atomic E-state index is -3.99. The highest BCUT2D eigenvalue weighted by molar-refractivity contribution is 7.48. The summed E-state index contributed by atoms with van der Waals surface area (Å²) >= 11 is 0. The van der Waals surface area contributed by atoms with Gasteiger partial charge in [0.1, 0.15) is 17.8 Å². The highest BCUT2D eigenvalue weighted by atomic mass is 31.2. The summed E-state index contributed by atoms with van der Waals surface area (Å²) in [5.41, 5.74) is 4.71. The second kappa shape index (κ2) is 9.12. The van der Waals surface area contributed by atoms with E-state index in [-0.39, 0.29) is 56.1 Å². The number of carbonyl (C=O) groups is 1. The molecule has 1 unspecified atom stereocenters. The van der Waals surface area contributed by atoms with Gasteiger partial charge >= 0.3 is 13.8 Å². The number of imidazole rings is 1. The van der Waals surface area contributed by atoms with E-state index in [1.54, 1.807) is 6.92 Å². The number of ether oxygens (including phenoxy) is 3. The number of hydrogen-bond acceptors (Lipinski definition) is 13. The van der Waals surface area contributed by atoms with Crippen LogP contribution in [-0.4, -0.2) is 75.3 Å². The fraction of sp³-hybridized carbons (Fsp3) is 0.667. The van der Waals surface area contributed by atoms with Gasteiger partial charge in [-0.3, -0.25) is 22.9 Å². The first-order valence-electron chi connectivity index (χ1n) is 10.3. The van der Waals surface area contributed by atoms with Gasteiger partial charge in [0.2, 0.25) is 11.8 Å². The van der Waals surface area contributed by atoms with Crippen LogP contribution in [-0.2, 0) is 32.4 Å². The van der Waals surface area contributed by atoms with E-state index in [0.717, 1.165) is 0 Å². The third-order valence-corrected chi connectivity index (χ3v) is 6.74. The quantitative estimate of drug-likeness (QED) is 0.305. The molecule has 2 saturated heterocycles. The van der Waals surface area contributed by atoms with Gasteiger partial charge in [-0.05, 0) is 20.3 Å². The number of anilines is 1. The summed E-state index contributed by atoms with van der Waals surface area (Å²) in [7, 11) is -2.57. The van der Waals surface area contributed by atoms with Crippen LogP contribution in [0.2, 0.25) is 0 Å². The fourth-order valence-electron chi connectivity index (χ4n) is 3.79. The first kappa shape index (κ1) is 23.8. The van der Waals surface area contributed by atoms with E-state index in [1.165, 1.54) is 24.9 Å². The zero-order valence-corrected chi connectivity index (χ0v) is 19.3. The molecule has 5 atom stereocenters. The van der Waals surface area contributed by atoms with Crippen molar-refractivity contribution >= 4 is 30.9 Å². The molecule has 0 amide bonds. The number of methoxy groups -OCH3 is 1. The molecule has 182 valence electrons. The summed E-state index contributed by atoms with van der Waals surface area (Å²) in [4.78, 5) is 23.8. The van der Waals surface area contributed by atoms with Crippen molar-refractivity contribution in [3.8, 4) is 5.88 Å². The number of phosphoric acid groups is 1. The lowest BCUT2D eigenvalue weighted by Crippen LogP contribution is -2.47. The van der Waals surface area contributed by atoms with E-state index in [0.29, 0.717) is 5.52 Å². The Kier molecular flexibility index (Phi) is 6.58. The lowest BCUT2D eigenvalue weighted by Gasteiger charge is -2.35. The lowest BCUT2D eigenvalue weighted by molar-refractivity contribution is -0.143. The second-order valence-corrected chi connectivity index (χ2v) is 9.30. The van der Waals surface area contributed by atoms with Crippen molar-refractivity contribution in [1.29, 1.82) is 0 Å². The minimum absolute atomic E-state index is 0.0449. The van der Waals surface area contributed by atoms with E-state index in [2.05, 4.69) is 15.0 Å². The van der Waals surface area contributed by atoms with Crippen molar-refractivity contribution in [2.75, 3.05) is 32.7 Å². The predicted octanol–water partition coefficient (Wildman–Crippen LogP) is 0.949. The van der Waals surface area contributed by atoms with Crippen molar-refractivity contribution in [3.05, 3.63) is 6.33 Å². The van der Waals surface area contributed by atoms with E-state index >= 15 is 0 Å². The number of phosphoric ester groups is 1. The lowest BCUT2D eigenvalue weighted by atomic mass is 9.96. The van der Waals surface area contributed by atoms with Crippen LogP contribution in [0.25, 0.3) is 11.2 Å². The highest BCUT2D eigenvalue weighted by Crippen LogP contribution is 2.58. The normalized spacial score (nSPS) is 31.5. The van der Waals surface area contributed by atoms with E-state index < -0.39 is 31.9 Å². The molecule has 2 aliphatic heterocycles. The Morgan fingerprint density at radius 3 is 2.97 bits per heavy atom. The molecule has 33 heavy (non-hydrogen) atoms. The molecular weight excluding hydrogens is 461 g/mol. The van der Waals surface area contributed by atoms with Crippen molar-refractivity contribution in [3.63, 3.8) is 0 Å². The van der Waals surface area contributed by atoms with Gasteiger partial charge in [-0.2, -0.15) is 9.97 Å². The first-order chi connectivity index (χ1) is 15.7. The molecule has 0 saturated carbocycles. The Hall–Kier alpha value is -2.35. The molecule has 15 heteroatoms. The zero-order chi connectivity index (χ0) is 23.8. The summed E-state index contributed by atoms with van der Waals surface area (Å²) in [6, 6.07) is 0. The molecule has 14 nitrogen and oxygen atoms in total. The van der Waals surface area contributed by atoms with Crippen molar-refractivity contribution in [2.45, 2.75) is 50.7 Å². The fourth-order valence-corrected chi connectivity index (χ4v) is 5.29. The van der Waals surface area contributed by atoms with Crippen LogP contribution in [0.5, 0.6) is 5.88 Å². The van der Waals surface area contributed by atoms with Crippen molar-refractivity contribution < 1.29 is 42.2 Å². The molecular formula is C18H26N5O9P. The number of hydrogen-bond donors (Lipinski definition) is 2. The molecule has 2 aromatic rings. The van der Waals surface area contributed by atoms with Gasteiger partial charge in [0, 0.05) is 6.42 Å². The zero-order valence-electron chi connectivity index (χ0n) is 18.4. The maximum absolute atomic E-state index is 12.9. The SMILES string of the molecule is CCOC(=O)CCCOP1(=O)OC[C@H]2O[C@@H](n3cnc4c(OC)nc(N)nc43)[C@](C)(O)[C@@H]2O1. The van der Waals surface area contributed by atoms with Gasteiger partial charge in [0.15, 0.2) is 17.4 Å². The summed E-state index contributed by atoms with van der Waals surface area (Å²) in [5.74, 6) is -0.253. The number of esters is 1.